The lowest BCUT2D eigenvalue weighted by Gasteiger charge is -2.44. The molecule has 0 unspecified atom stereocenters. The Morgan fingerprint density at radius 3 is 2.19 bits per heavy atom. The van der Waals surface area contributed by atoms with Gasteiger partial charge in [-0.15, -0.1) is 0 Å². The van der Waals surface area contributed by atoms with Gasteiger partial charge in [0.25, 0.3) is 5.91 Å². The summed E-state index contributed by atoms with van der Waals surface area (Å²) in [5, 5.41) is 0. The standard InChI is InChI=1S/C23H24F3N3O2/c24-23(25,26)18-8-6-16(7-9-18)14-29-20(30)15-28(19-4-2-1-3-5-19)22(31)21(29)17-10-12-27-13-11-17/h6-13,19,21H,1-5,14-15H2/t21-/m1/s1. The number of benzene rings is 1. The Bertz CT molecular complexity index is 925. The van der Waals surface area contributed by atoms with E-state index in [9.17, 15) is 22.8 Å². The Morgan fingerprint density at radius 1 is 0.935 bits per heavy atom. The second-order valence-corrected chi connectivity index (χ2v) is 8.16. The van der Waals surface area contributed by atoms with Crippen molar-refractivity contribution in [3.05, 3.63) is 65.5 Å². The molecule has 2 fully saturated rings. The summed E-state index contributed by atoms with van der Waals surface area (Å²) in [5.74, 6) is -0.337. The van der Waals surface area contributed by atoms with Crippen molar-refractivity contribution in [3.8, 4) is 0 Å². The van der Waals surface area contributed by atoms with Crippen LogP contribution in [0, 0.1) is 0 Å². The van der Waals surface area contributed by atoms with Gasteiger partial charge in [-0.1, -0.05) is 31.4 Å². The van der Waals surface area contributed by atoms with Crippen LogP contribution in [-0.2, 0) is 22.3 Å². The normalized spacial score (nSPS) is 20.9. The highest BCUT2D eigenvalue weighted by atomic mass is 19.4. The van der Waals surface area contributed by atoms with E-state index >= 15 is 0 Å². The summed E-state index contributed by atoms with van der Waals surface area (Å²) in [5.41, 5.74) is 0.451. The third-order valence-electron chi connectivity index (χ3n) is 6.13. The van der Waals surface area contributed by atoms with Crippen LogP contribution in [0.15, 0.2) is 48.8 Å². The molecule has 2 heterocycles. The van der Waals surface area contributed by atoms with Gasteiger partial charge in [0.2, 0.25) is 5.91 Å². The quantitative estimate of drug-likeness (QED) is 0.724. The van der Waals surface area contributed by atoms with E-state index in [1.807, 2.05) is 0 Å². The number of hydrogen-bond donors (Lipinski definition) is 0. The molecule has 1 aromatic heterocycles. The maximum absolute atomic E-state index is 13.5. The van der Waals surface area contributed by atoms with E-state index in [1.54, 1.807) is 29.4 Å². The van der Waals surface area contributed by atoms with Crippen molar-refractivity contribution in [2.24, 2.45) is 0 Å². The molecular formula is C23H24F3N3O2. The number of alkyl halides is 3. The lowest BCUT2D eigenvalue weighted by atomic mass is 9.91. The van der Waals surface area contributed by atoms with E-state index in [1.165, 1.54) is 17.0 Å². The SMILES string of the molecule is O=C1[C@@H](c2ccncc2)N(Cc2ccc(C(F)(F)F)cc2)C(=O)CN1C1CCCCC1. The molecule has 1 aliphatic heterocycles. The van der Waals surface area contributed by atoms with Crippen molar-refractivity contribution in [2.45, 2.75) is 56.9 Å². The Labute approximate surface area is 178 Å². The van der Waals surface area contributed by atoms with Gasteiger partial charge >= 0.3 is 6.18 Å². The number of halogens is 3. The molecule has 1 saturated carbocycles. The lowest BCUT2D eigenvalue weighted by molar-refractivity contribution is -0.160. The average Bonchev–Trinajstić information content (AvgIpc) is 2.77. The van der Waals surface area contributed by atoms with Crippen LogP contribution in [-0.4, -0.2) is 39.2 Å². The first-order valence-electron chi connectivity index (χ1n) is 10.5. The molecule has 164 valence electrons. The van der Waals surface area contributed by atoms with Crippen LogP contribution < -0.4 is 0 Å². The minimum atomic E-state index is -4.42. The van der Waals surface area contributed by atoms with Crippen molar-refractivity contribution >= 4 is 11.8 Å². The molecule has 0 N–H and O–H groups in total. The summed E-state index contributed by atoms with van der Waals surface area (Å²) in [7, 11) is 0. The molecule has 1 atom stereocenters. The fourth-order valence-corrected chi connectivity index (χ4v) is 4.49. The number of carbonyl (C=O) groups excluding carboxylic acids is 2. The summed E-state index contributed by atoms with van der Waals surface area (Å²) < 4.78 is 38.6. The van der Waals surface area contributed by atoms with E-state index in [2.05, 4.69) is 4.98 Å². The monoisotopic (exact) mass is 431 g/mol. The third-order valence-corrected chi connectivity index (χ3v) is 6.13. The number of hydrogen-bond acceptors (Lipinski definition) is 3. The Hall–Kier alpha value is -2.90. The van der Waals surface area contributed by atoms with Gasteiger partial charge in [0.1, 0.15) is 12.6 Å². The molecule has 2 amide bonds. The Balaban J connectivity index is 1.62. The van der Waals surface area contributed by atoms with Gasteiger partial charge < -0.3 is 9.80 Å². The molecule has 0 radical (unpaired) electrons. The van der Waals surface area contributed by atoms with E-state index in [0.717, 1.165) is 44.2 Å². The summed E-state index contributed by atoms with van der Waals surface area (Å²) in [6.07, 6.45) is 3.72. The van der Waals surface area contributed by atoms with E-state index < -0.39 is 17.8 Å². The lowest BCUT2D eigenvalue weighted by Crippen LogP contribution is -2.58. The average molecular weight is 431 g/mol. The molecule has 1 aromatic carbocycles. The zero-order valence-corrected chi connectivity index (χ0v) is 17.0. The van der Waals surface area contributed by atoms with Gasteiger partial charge in [-0.05, 0) is 48.2 Å². The van der Waals surface area contributed by atoms with E-state index in [4.69, 9.17) is 0 Å². The summed E-state index contributed by atoms with van der Waals surface area (Å²) >= 11 is 0. The molecule has 1 aliphatic carbocycles. The smallest absolute Gasteiger partial charge is 0.328 e. The van der Waals surface area contributed by atoms with Gasteiger partial charge in [-0.3, -0.25) is 14.6 Å². The van der Waals surface area contributed by atoms with Crippen molar-refractivity contribution < 1.29 is 22.8 Å². The molecule has 2 aliphatic rings. The number of piperazine rings is 1. The predicted molar refractivity (Wildman–Crippen MR) is 108 cm³/mol. The van der Waals surface area contributed by atoms with Crippen LogP contribution in [0.5, 0.6) is 0 Å². The predicted octanol–water partition coefficient (Wildman–Crippen LogP) is 4.35. The fourth-order valence-electron chi connectivity index (χ4n) is 4.49. The third kappa shape index (κ3) is 4.57. The first-order chi connectivity index (χ1) is 14.8. The van der Waals surface area contributed by atoms with Crippen LogP contribution in [0.4, 0.5) is 13.2 Å². The largest absolute Gasteiger partial charge is 0.416 e. The zero-order chi connectivity index (χ0) is 22.0. The number of nitrogens with zero attached hydrogens (tertiary/aromatic N) is 3. The van der Waals surface area contributed by atoms with Crippen molar-refractivity contribution in [1.29, 1.82) is 0 Å². The molecule has 8 heteroatoms. The van der Waals surface area contributed by atoms with E-state index in [-0.39, 0.29) is 30.9 Å². The van der Waals surface area contributed by atoms with Gasteiger partial charge in [0.05, 0.1) is 5.56 Å². The number of aromatic nitrogens is 1. The molecular weight excluding hydrogens is 407 g/mol. The van der Waals surface area contributed by atoms with Crippen molar-refractivity contribution in [2.75, 3.05) is 6.54 Å². The molecule has 31 heavy (non-hydrogen) atoms. The van der Waals surface area contributed by atoms with Crippen LogP contribution in [0.25, 0.3) is 0 Å². The van der Waals surface area contributed by atoms with Crippen LogP contribution in [0.1, 0.15) is 54.8 Å². The van der Waals surface area contributed by atoms with Crippen molar-refractivity contribution in [3.63, 3.8) is 0 Å². The molecule has 0 bridgehead atoms. The molecule has 5 nitrogen and oxygen atoms in total. The second-order valence-electron chi connectivity index (χ2n) is 8.16. The second kappa shape index (κ2) is 8.69. The molecule has 4 rings (SSSR count). The first kappa shape index (κ1) is 21.3. The number of pyridine rings is 1. The van der Waals surface area contributed by atoms with Crippen LogP contribution in [0.2, 0.25) is 0 Å². The van der Waals surface area contributed by atoms with Crippen LogP contribution >= 0.6 is 0 Å². The van der Waals surface area contributed by atoms with Gasteiger partial charge in [-0.25, -0.2) is 0 Å². The Morgan fingerprint density at radius 2 is 1.58 bits per heavy atom. The van der Waals surface area contributed by atoms with Gasteiger partial charge in [0.15, 0.2) is 0 Å². The van der Waals surface area contributed by atoms with Crippen LogP contribution in [0.3, 0.4) is 0 Å². The molecule has 0 spiro atoms. The maximum Gasteiger partial charge on any atom is 0.416 e. The highest BCUT2D eigenvalue weighted by molar-refractivity contribution is 5.95. The zero-order valence-electron chi connectivity index (χ0n) is 17.0. The highest BCUT2D eigenvalue weighted by Crippen LogP contribution is 2.34. The van der Waals surface area contributed by atoms with Gasteiger partial charge in [0, 0.05) is 25.0 Å². The number of rotatable bonds is 4. The topological polar surface area (TPSA) is 53.5 Å². The fraction of sp³-hybridized carbons (Fsp3) is 0.435. The molecule has 1 saturated heterocycles. The van der Waals surface area contributed by atoms with Gasteiger partial charge in [-0.2, -0.15) is 13.2 Å². The summed E-state index contributed by atoms with van der Waals surface area (Å²) in [6, 6.07) is 7.38. The van der Waals surface area contributed by atoms with E-state index in [0.29, 0.717) is 11.1 Å². The number of amides is 2. The molecule has 2 aromatic rings. The maximum atomic E-state index is 13.5. The number of carbonyl (C=O) groups is 2. The summed E-state index contributed by atoms with van der Waals surface area (Å²) in [6.45, 7) is 0.0694. The van der Waals surface area contributed by atoms with Crippen molar-refractivity contribution in [1.82, 2.24) is 14.8 Å². The highest BCUT2D eigenvalue weighted by Gasteiger charge is 2.43. The Kier molecular flexibility index (Phi) is 5.98. The first-order valence-corrected chi connectivity index (χ1v) is 10.5. The minimum absolute atomic E-state index is 0.00567. The minimum Gasteiger partial charge on any atom is -0.328 e. The summed E-state index contributed by atoms with van der Waals surface area (Å²) in [4.78, 5) is 33.8.